The molecule has 144 heavy (non-hydrogen) atoms. The first-order valence-corrected chi connectivity index (χ1v) is 54.5. The SMILES string of the molecule is CCCCCC1CCC(C2CCC(C(=O)Oc3ccc(OC(=O)c4ccc(OCCCCCCCCOC(=O)CCC(=O)OCCCCCCCCCCOC(=O)C(F)(F)C(F)(F)C(F)(F)C(F)(F)C(=O)OCCC)cc4)cc3)CC2)CC1.CCCCCCCCCOC(=O)CCC(=O)OCCCCCCCCOc1ccc(C(=O)Oc2ccc(OC(=O)C3CCC(C4CCC(CCCCC)CC4)CC3)cc2)cc1. The molecule has 0 N–H and O–H groups in total. The number of benzene rings is 4. The molecule has 4 aromatic rings. The van der Waals surface area contributed by atoms with Crippen LogP contribution in [-0.2, 0) is 66.8 Å². The fourth-order valence-electron chi connectivity index (χ4n) is 19.3. The molecular formula is C114H164F8O22. The topological polar surface area (TPSA) is 281 Å². The molecule has 30 heteroatoms. The first-order chi connectivity index (χ1) is 69.5. The van der Waals surface area contributed by atoms with Crippen LogP contribution in [0, 0.1) is 47.3 Å². The summed E-state index contributed by atoms with van der Waals surface area (Å²) in [5.41, 5.74) is 0.782. The normalized spacial score (nSPS) is 18.2. The Labute approximate surface area is 849 Å². The maximum absolute atomic E-state index is 14.0. The summed E-state index contributed by atoms with van der Waals surface area (Å²) in [6.45, 7) is 8.57. The van der Waals surface area contributed by atoms with Crippen molar-refractivity contribution in [2.24, 2.45) is 47.3 Å². The molecule has 4 aromatic carbocycles. The molecule has 0 aromatic heterocycles. The Kier molecular flexibility index (Phi) is 58.2. The number of hydrogen-bond donors (Lipinski definition) is 0. The first-order valence-electron chi connectivity index (χ1n) is 54.5. The van der Waals surface area contributed by atoms with Gasteiger partial charge in [-0.25, -0.2) is 19.2 Å². The van der Waals surface area contributed by atoms with Gasteiger partial charge in [-0.3, -0.25) is 28.8 Å². The quantitative estimate of drug-likeness (QED) is 0.0130. The zero-order chi connectivity index (χ0) is 104. The summed E-state index contributed by atoms with van der Waals surface area (Å²) < 4.78 is 175. The predicted molar refractivity (Wildman–Crippen MR) is 533 cm³/mol. The number of alkyl halides is 8. The highest BCUT2D eigenvalue weighted by atomic mass is 19.4. The molecule has 4 saturated carbocycles. The Morgan fingerprint density at radius 3 is 0.750 bits per heavy atom. The van der Waals surface area contributed by atoms with E-state index in [1.165, 1.54) is 142 Å². The molecule has 0 amide bonds. The lowest BCUT2D eigenvalue weighted by Gasteiger charge is -2.37. The second-order valence-electron chi connectivity index (χ2n) is 39.7. The van der Waals surface area contributed by atoms with Crippen molar-refractivity contribution in [3.8, 4) is 34.5 Å². The van der Waals surface area contributed by atoms with Crippen LogP contribution < -0.4 is 28.4 Å². The fraction of sp³-hybridized carbons (Fsp3) is 0.702. The lowest BCUT2D eigenvalue weighted by atomic mass is 9.68. The Balaban J connectivity index is 0.000000409. The maximum Gasteiger partial charge on any atom is 0.411 e. The molecule has 4 fully saturated rings. The Morgan fingerprint density at radius 2 is 0.472 bits per heavy atom. The monoisotopic (exact) mass is 2040 g/mol. The van der Waals surface area contributed by atoms with Gasteiger partial charge in [0.05, 0.1) is 102 Å². The van der Waals surface area contributed by atoms with E-state index in [0.29, 0.717) is 111 Å². The van der Waals surface area contributed by atoms with E-state index >= 15 is 0 Å². The lowest BCUT2D eigenvalue weighted by molar-refractivity contribution is -0.354. The van der Waals surface area contributed by atoms with E-state index in [1.807, 2.05) is 0 Å². The second-order valence-corrected chi connectivity index (χ2v) is 39.7. The van der Waals surface area contributed by atoms with Crippen LogP contribution in [0.15, 0.2) is 97.1 Å². The van der Waals surface area contributed by atoms with Crippen molar-refractivity contribution in [3.63, 3.8) is 0 Å². The minimum absolute atomic E-state index is 0.0468. The van der Waals surface area contributed by atoms with Crippen LogP contribution in [0.1, 0.15) is 408 Å². The van der Waals surface area contributed by atoms with Gasteiger partial charge in [-0.2, -0.15) is 35.1 Å². The highest BCUT2D eigenvalue weighted by Crippen LogP contribution is 2.54. The van der Waals surface area contributed by atoms with Gasteiger partial charge in [-0.15, -0.1) is 0 Å². The maximum atomic E-state index is 14.0. The summed E-state index contributed by atoms with van der Waals surface area (Å²) in [7, 11) is 0. The van der Waals surface area contributed by atoms with E-state index in [-0.39, 0.29) is 93.9 Å². The molecule has 4 aliphatic rings. The zero-order valence-electron chi connectivity index (χ0n) is 86.1. The van der Waals surface area contributed by atoms with Crippen LogP contribution in [0.25, 0.3) is 0 Å². The van der Waals surface area contributed by atoms with Crippen molar-refractivity contribution < 1.29 is 140 Å². The molecule has 0 unspecified atom stereocenters. The van der Waals surface area contributed by atoms with Gasteiger partial charge in [0.25, 0.3) is 0 Å². The number of hydrogen-bond acceptors (Lipinski definition) is 22. The summed E-state index contributed by atoms with van der Waals surface area (Å²) in [5.74, 6) is -28.3. The summed E-state index contributed by atoms with van der Waals surface area (Å²) in [6, 6.07) is 26.9. The summed E-state index contributed by atoms with van der Waals surface area (Å²) in [6.07, 6.45) is 52.8. The third kappa shape index (κ3) is 45.5. The molecular weight excluding hydrogens is 1870 g/mol. The summed E-state index contributed by atoms with van der Waals surface area (Å²) in [5, 5.41) is 0. The average Bonchev–Trinajstić information content (AvgIpc) is 0.725. The number of esters is 10. The molecule has 0 spiro atoms. The molecule has 0 atom stereocenters. The van der Waals surface area contributed by atoms with Crippen molar-refractivity contribution >= 4 is 59.7 Å². The molecule has 0 radical (unpaired) electrons. The average molecular weight is 2040 g/mol. The van der Waals surface area contributed by atoms with E-state index in [1.54, 1.807) is 97.1 Å². The molecule has 8 rings (SSSR count). The van der Waals surface area contributed by atoms with Crippen molar-refractivity contribution in [3.05, 3.63) is 108 Å². The van der Waals surface area contributed by atoms with Crippen LogP contribution in [0.5, 0.6) is 34.5 Å². The number of rotatable bonds is 70. The Hall–Kier alpha value is -9.38. The summed E-state index contributed by atoms with van der Waals surface area (Å²) >= 11 is 0. The Morgan fingerprint density at radius 1 is 0.243 bits per heavy atom. The molecule has 22 nitrogen and oxygen atoms in total. The minimum Gasteiger partial charge on any atom is -0.494 e. The Bertz CT molecular complexity index is 4290. The van der Waals surface area contributed by atoms with Crippen molar-refractivity contribution in [2.45, 2.75) is 411 Å². The van der Waals surface area contributed by atoms with Gasteiger partial charge in [-0.1, -0.05) is 233 Å². The van der Waals surface area contributed by atoms with E-state index in [9.17, 15) is 83.1 Å². The standard InChI is InChI=1S/C62H86F8O13.C52H78O9/c1-3-5-16-21-45-22-24-46(25-23-45)47-26-28-48(29-27-47)55(73)82-51-34-36-52(37-35-51)83-56(74)49-30-32-50(33-31-49)77-41-17-12-10-11-14-19-43-79-54(72)39-38-53(71)78-42-18-13-8-6-7-9-15-20-44-81-58(76)60(65,66)62(69,70)61(67,68)59(63,64)57(75)80-40-4-2;1-3-5-7-8-9-13-17-39-58-49(53)36-37-50(54)59-40-18-14-11-10-12-16-38-57-46-30-28-45(29-31-46)52(56)61-48-34-32-47(33-35-48)60-51(55)44-26-24-43(25-27-44)42-22-20-41(21-23-42)19-15-6-4-2/h30-37,45-48H,3-29,38-44H2,1-2H3;28-35,41-44H,3-27,36-40H2,1-2H3. The second kappa shape index (κ2) is 68.9. The third-order valence-electron chi connectivity index (χ3n) is 28.3. The van der Waals surface area contributed by atoms with Crippen molar-refractivity contribution in [2.75, 3.05) is 52.9 Å². The van der Waals surface area contributed by atoms with Crippen LogP contribution in [0.4, 0.5) is 35.1 Å². The van der Waals surface area contributed by atoms with E-state index in [2.05, 4.69) is 30.2 Å². The number of unbranched alkanes of at least 4 members (excludes halogenated alkanes) is 27. The van der Waals surface area contributed by atoms with E-state index in [4.69, 9.17) is 47.4 Å². The molecule has 0 bridgehead atoms. The summed E-state index contributed by atoms with van der Waals surface area (Å²) in [4.78, 5) is 122. The van der Waals surface area contributed by atoms with Gasteiger partial charge in [0.1, 0.15) is 34.5 Å². The molecule has 808 valence electrons. The lowest BCUT2D eigenvalue weighted by Crippen LogP contribution is -2.66. The van der Waals surface area contributed by atoms with Gasteiger partial charge in [0, 0.05) is 0 Å². The molecule has 0 saturated heterocycles. The number of ether oxygens (including phenoxy) is 12. The smallest absolute Gasteiger partial charge is 0.411 e. The van der Waals surface area contributed by atoms with Crippen LogP contribution >= 0.6 is 0 Å². The van der Waals surface area contributed by atoms with Gasteiger partial charge in [-0.05, 0) is 261 Å². The van der Waals surface area contributed by atoms with Crippen molar-refractivity contribution in [1.82, 2.24) is 0 Å². The fourth-order valence-corrected chi connectivity index (χ4v) is 19.3. The van der Waals surface area contributed by atoms with Crippen molar-refractivity contribution in [1.29, 1.82) is 0 Å². The van der Waals surface area contributed by atoms with E-state index in [0.717, 1.165) is 177 Å². The number of halogens is 8. The zero-order valence-corrected chi connectivity index (χ0v) is 86.1. The van der Waals surface area contributed by atoms with Crippen LogP contribution in [0.2, 0.25) is 0 Å². The predicted octanol–water partition coefficient (Wildman–Crippen LogP) is 29.1. The van der Waals surface area contributed by atoms with Crippen LogP contribution in [0.3, 0.4) is 0 Å². The molecule has 0 aliphatic heterocycles. The largest absolute Gasteiger partial charge is 0.494 e. The third-order valence-corrected chi connectivity index (χ3v) is 28.3. The number of carbonyl (C=O) groups is 10. The van der Waals surface area contributed by atoms with Gasteiger partial charge < -0.3 is 56.8 Å². The molecule has 0 heterocycles. The highest BCUT2D eigenvalue weighted by molar-refractivity contribution is 5.92. The van der Waals surface area contributed by atoms with E-state index < -0.39 is 72.7 Å². The minimum atomic E-state index is -7.00. The van der Waals surface area contributed by atoms with Gasteiger partial charge >= 0.3 is 83.4 Å². The number of carbonyl (C=O) groups excluding carboxylic acids is 10. The van der Waals surface area contributed by atoms with Gasteiger partial charge in [0.15, 0.2) is 0 Å². The first kappa shape index (κ1) is 122. The highest BCUT2D eigenvalue weighted by Gasteiger charge is 2.85. The van der Waals surface area contributed by atoms with Crippen LogP contribution in [-0.4, -0.2) is 136 Å². The van der Waals surface area contributed by atoms with Gasteiger partial charge in [0.2, 0.25) is 0 Å². The molecule has 4 aliphatic carbocycles.